The van der Waals surface area contributed by atoms with Gasteiger partial charge in [0.1, 0.15) is 54.4 Å². The molecule has 2 aliphatic rings. The zero-order valence-corrected chi connectivity index (χ0v) is 44.6. The summed E-state index contributed by atoms with van der Waals surface area (Å²) in [5.74, 6) is -9.74. The molecule has 454 valence electrons. The van der Waals surface area contributed by atoms with Crippen LogP contribution in [0.1, 0.15) is 119 Å². The largest absolute Gasteiger partial charge is 0.481 e. The molecular formula is C44H91N11O22. The van der Waals surface area contributed by atoms with Gasteiger partial charge < -0.3 is 118 Å². The number of hydrogen-bond acceptors (Lipinski definition) is 22. The summed E-state index contributed by atoms with van der Waals surface area (Å²) in [6.45, 7) is 12.9. The van der Waals surface area contributed by atoms with E-state index in [0.717, 1.165) is 51.6 Å². The molecule has 0 radical (unpaired) electrons. The molecule has 77 heavy (non-hydrogen) atoms. The highest BCUT2D eigenvalue weighted by Crippen LogP contribution is 2.05. The molecule has 2 saturated heterocycles. The fourth-order valence-corrected chi connectivity index (χ4v) is 4.55. The summed E-state index contributed by atoms with van der Waals surface area (Å²) >= 11 is 0. The maximum Gasteiger partial charge on any atom is 0.323 e. The molecule has 0 spiro atoms. The molecule has 2 rings (SSSR count). The van der Waals surface area contributed by atoms with Gasteiger partial charge in [-0.25, -0.2) is 0 Å². The normalized spacial score (nSPS) is 16.7. The van der Waals surface area contributed by atoms with Gasteiger partial charge in [0.05, 0.1) is 12.5 Å². The highest BCUT2D eigenvalue weighted by Gasteiger charge is 2.21. The molecule has 1 amide bonds. The Bertz CT molecular complexity index is 1610. The van der Waals surface area contributed by atoms with Crippen LogP contribution in [-0.4, -0.2) is 202 Å². The van der Waals surface area contributed by atoms with Gasteiger partial charge in [-0.05, 0) is 103 Å². The monoisotopic (exact) mass is 1130 g/mol. The van der Waals surface area contributed by atoms with Gasteiger partial charge in [0, 0.05) is 6.42 Å². The van der Waals surface area contributed by atoms with E-state index in [1.54, 1.807) is 0 Å². The van der Waals surface area contributed by atoms with Crippen LogP contribution >= 0.6 is 0 Å². The van der Waals surface area contributed by atoms with Gasteiger partial charge in [0.15, 0.2) is 0 Å². The first-order valence-electron chi connectivity index (χ1n) is 23.8. The third-order valence-corrected chi connectivity index (χ3v) is 9.01. The van der Waals surface area contributed by atoms with Gasteiger partial charge >= 0.3 is 59.7 Å². The SMILES string of the molecule is CC(C)CC(N)C(=O)O.CC(C)CC(N)C(=O)O.CC(N)C(=O)O.CC(O)C(N)C(=O)O.NC(=O)CC(N)C(=O)O.NC(CCC(=O)O)C(=O)O.NCCCCC(N)C(=O)O.O=C(O)[C@@H]1CCCN1.O=C(O)[C@@H]1CCCN1. The highest BCUT2D eigenvalue weighted by atomic mass is 16.4. The van der Waals surface area contributed by atoms with Gasteiger partial charge in [-0.1, -0.05) is 34.1 Å². The molecule has 0 bridgehead atoms. The van der Waals surface area contributed by atoms with Crippen LogP contribution in [0.4, 0.5) is 0 Å². The topological polar surface area (TPSA) is 669 Å². The number of unbranched alkanes of at least 4 members (excludes halogenated alkanes) is 1. The molecule has 31 N–H and O–H groups in total. The molecule has 0 saturated carbocycles. The van der Waals surface area contributed by atoms with Crippen molar-refractivity contribution in [2.24, 2.45) is 63.4 Å². The molecule has 0 aliphatic carbocycles. The summed E-state index contributed by atoms with van der Waals surface area (Å²) in [5, 5.41) is 96.1. The summed E-state index contributed by atoms with van der Waals surface area (Å²) in [5.41, 5.74) is 45.2. The van der Waals surface area contributed by atoms with E-state index in [1.165, 1.54) is 13.8 Å². The van der Waals surface area contributed by atoms with E-state index in [2.05, 4.69) is 16.4 Å². The zero-order valence-electron chi connectivity index (χ0n) is 44.6. The number of rotatable bonds is 23. The first-order valence-corrected chi connectivity index (χ1v) is 23.8. The molecule has 2 fully saturated rings. The second-order valence-corrected chi connectivity index (χ2v) is 17.6. The number of primary amides is 1. The Hall–Kier alpha value is -6.27. The number of carboxylic acids is 10. The number of carbonyl (C=O) groups is 11. The maximum atomic E-state index is 10.1. The standard InChI is InChI=1S/C6H14N2O2.2C6H13NO2.C5H9NO4.2C5H9NO2.C4H8N2O3.C4H9NO3.C3H7NO2/c7-4-2-1-3-5(8)6(9)10;2*1-4(2)3-5(7)6(8)9;6-3(5(9)10)1-2-4(7)8;2*7-5(8)4-2-1-3-6-4;5-2(4(8)9)1-3(6)7;1-2(6)3(5)4(7)8;1-2(4)3(5)6/h5H,1-4,7-8H2,(H,9,10);2*4-5H,3,7H2,1-2H3,(H,8,9);3H,1-2,6H2,(H,7,8)(H,9,10);2*4,6H,1-3H2,(H,7,8);2H,1,5H2,(H2,6,7)(H,8,9);2-3,6H,5H2,1H3,(H,7,8);2H,4H2,1H3,(H,5,6)/t;;;;2*4-;;;/m....00.../s1. The van der Waals surface area contributed by atoms with Crippen molar-refractivity contribution in [3.63, 3.8) is 0 Å². The molecule has 0 aromatic carbocycles. The zero-order chi connectivity index (χ0) is 62.3. The number of carboxylic acid groups (broad SMARTS) is 10. The van der Waals surface area contributed by atoms with Crippen LogP contribution < -0.4 is 62.2 Å². The molecule has 0 aromatic heterocycles. The van der Waals surface area contributed by atoms with Crippen molar-refractivity contribution in [3.8, 4) is 0 Å². The minimum Gasteiger partial charge on any atom is -0.481 e. The Morgan fingerprint density at radius 3 is 0.948 bits per heavy atom. The molecule has 2 heterocycles. The first kappa shape index (κ1) is 84.7. The van der Waals surface area contributed by atoms with E-state index in [-0.39, 0.29) is 31.3 Å². The van der Waals surface area contributed by atoms with Gasteiger partial charge in [0.25, 0.3) is 0 Å². The third-order valence-electron chi connectivity index (χ3n) is 9.01. The lowest BCUT2D eigenvalue weighted by atomic mass is 10.1. The fraction of sp³-hybridized carbons (Fsp3) is 0.750. The third kappa shape index (κ3) is 65.8. The van der Waals surface area contributed by atoms with Gasteiger partial charge in [-0.15, -0.1) is 0 Å². The van der Waals surface area contributed by atoms with Crippen molar-refractivity contribution in [2.75, 3.05) is 19.6 Å². The lowest BCUT2D eigenvalue weighted by Gasteiger charge is -2.07. The molecule has 2 aliphatic heterocycles. The Balaban J connectivity index is -0.000000144. The van der Waals surface area contributed by atoms with Crippen LogP contribution in [0.2, 0.25) is 0 Å². The van der Waals surface area contributed by atoms with Crippen LogP contribution in [0, 0.1) is 11.8 Å². The minimum atomic E-state index is -1.21. The van der Waals surface area contributed by atoms with E-state index >= 15 is 0 Å². The molecular weight excluding hydrogens is 1030 g/mol. The van der Waals surface area contributed by atoms with Crippen LogP contribution in [0.3, 0.4) is 0 Å². The second-order valence-electron chi connectivity index (χ2n) is 17.6. The number of nitrogens with two attached hydrogens (primary N) is 9. The molecule has 10 atom stereocenters. The lowest BCUT2D eigenvalue weighted by molar-refractivity contribution is -0.141. The summed E-state index contributed by atoms with van der Waals surface area (Å²) < 4.78 is 0. The number of amides is 1. The summed E-state index contributed by atoms with van der Waals surface area (Å²) in [4.78, 5) is 110. The average molecular weight is 1130 g/mol. The summed E-state index contributed by atoms with van der Waals surface area (Å²) in [6.07, 6.45) is 5.32. The number of hydrogen-bond donors (Lipinski definition) is 22. The van der Waals surface area contributed by atoms with Crippen molar-refractivity contribution in [1.29, 1.82) is 0 Å². The van der Waals surface area contributed by atoms with E-state index in [9.17, 15) is 52.7 Å². The van der Waals surface area contributed by atoms with Crippen LogP contribution in [0.25, 0.3) is 0 Å². The molecule has 33 heteroatoms. The number of carbonyl (C=O) groups excluding carboxylic acids is 1. The molecule has 0 aromatic rings. The Kier molecular flexibility index (Phi) is 57.0. The van der Waals surface area contributed by atoms with Crippen LogP contribution in [0.15, 0.2) is 0 Å². The average Bonchev–Trinajstić information content (AvgIpc) is 4.06. The van der Waals surface area contributed by atoms with Crippen molar-refractivity contribution < 1.29 is 109 Å². The predicted molar refractivity (Wildman–Crippen MR) is 276 cm³/mol. The van der Waals surface area contributed by atoms with Crippen LogP contribution in [0.5, 0.6) is 0 Å². The molecule has 33 nitrogen and oxygen atoms in total. The number of aliphatic hydroxyl groups excluding tert-OH is 1. The summed E-state index contributed by atoms with van der Waals surface area (Å²) in [6, 6.07) is -6.75. The van der Waals surface area contributed by atoms with E-state index in [4.69, 9.17) is 102 Å². The number of nitrogens with one attached hydrogen (secondary N) is 2. The summed E-state index contributed by atoms with van der Waals surface area (Å²) in [7, 11) is 0. The van der Waals surface area contributed by atoms with Gasteiger partial charge in [-0.3, -0.25) is 52.7 Å². The Labute approximate surface area is 446 Å². The van der Waals surface area contributed by atoms with Crippen molar-refractivity contribution in [3.05, 3.63) is 0 Å². The Morgan fingerprint density at radius 1 is 0.481 bits per heavy atom. The fourth-order valence-electron chi connectivity index (χ4n) is 4.55. The van der Waals surface area contributed by atoms with E-state index in [1.807, 2.05) is 27.7 Å². The first-order chi connectivity index (χ1) is 35.1. The quantitative estimate of drug-likeness (QED) is 0.0431. The lowest BCUT2D eigenvalue weighted by Crippen LogP contribution is -2.39. The smallest absolute Gasteiger partial charge is 0.323 e. The predicted octanol–water partition coefficient (Wildman–Crippen LogP) is -4.20. The van der Waals surface area contributed by atoms with Crippen molar-refractivity contribution >= 4 is 65.6 Å². The Morgan fingerprint density at radius 2 is 0.805 bits per heavy atom. The second kappa shape index (κ2) is 51.8. The minimum absolute atomic E-state index is 0.0231. The van der Waals surface area contributed by atoms with Gasteiger partial charge in [0.2, 0.25) is 5.91 Å². The van der Waals surface area contributed by atoms with Crippen LogP contribution in [-0.2, 0) is 52.7 Å². The number of aliphatic carboxylic acids is 10. The van der Waals surface area contributed by atoms with Crippen molar-refractivity contribution in [2.45, 2.75) is 179 Å². The van der Waals surface area contributed by atoms with E-state index < -0.39 is 114 Å². The van der Waals surface area contributed by atoms with Crippen molar-refractivity contribution in [1.82, 2.24) is 10.6 Å². The molecule has 8 unspecified atom stereocenters. The highest BCUT2D eigenvalue weighted by molar-refractivity contribution is 5.83. The maximum absolute atomic E-state index is 10.1. The van der Waals surface area contributed by atoms with E-state index in [0.29, 0.717) is 37.6 Å². The number of aliphatic hydroxyl groups is 1. The van der Waals surface area contributed by atoms with Gasteiger partial charge in [-0.2, -0.15) is 0 Å².